The van der Waals surface area contributed by atoms with Gasteiger partial charge in [0.05, 0.1) is 13.2 Å². The normalized spacial score (nSPS) is 24.6. The molecule has 0 aromatic heterocycles. The number of anilines is 1. The Morgan fingerprint density at radius 3 is 2.29 bits per heavy atom. The summed E-state index contributed by atoms with van der Waals surface area (Å²) >= 11 is 0. The summed E-state index contributed by atoms with van der Waals surface area (Å²) in [6.45, 7) is 3.90. The standard InChI is InChI=1S/C18H23NO2/c1-2-12-19(11-1)17-5-3-15(4-6-17)16-7-9-18(10-8-16)20-13-14-21-18/h3-7H,1-2,8-14H2. The van der Waals surface area contributed by atoms with Crippen LogP contribution in [0.5, 0.6) is 0 Å². The van der Waals surface area contributed by atoms with E-state index in [0.29, 0.717) is 0 Å². The lowest BCUT2D eigenvalue weighted by molar-refractivity contribution is -0.159. The van der Waals surface area contributed by atoms with Crippen LogP contribution in [-0.4, -0.2) is 32.1 Å². The molecule has 3 aliphatic rings. The number of hydrogen-bond acceptors (Lipinski definition) is 3. The second-order valence-electron chi connectivity index (χ2n) is 6.28. The van der Waals surface area contributed by atoms with Crippen molar-refractivity contribution in [3.8, 4) is 0 Å². The zero-order valence-electron chi connectivity index (χ0n) is 12.5. The van der Waals surface area contributed by atoms with E-state index in [2.05, 4.69) is 35.2 Å². The van der Waals surface area contributed by atoms with Crippen LogP contribution >= 0.6 is 0 Å². The summed E-state index contributed by atoms with van der Waals surface area (Å²) in [4.78, 5) is 2.48. The SMILES string of the molecule is C1=C(c2ccc(N3CCCC3)cc2)CCC2(C1)OCCO2. The van der Waals surface area contributed by atoms with E-state index in [-0.39, 0.29) is 5.79 Å². The molecule has 2 aliphatic heterocycles. The van der Waals surface area contributed by atoms with Gasteiger partial charge in [0.15, 0.2) is 5.79 Å². The maximum absolute atomic E-state index is 5.78. The summed E-state index contributed by atoms with van der Waals surface area (Å²) < 4.78 is 11.6. The first-order valence-corrected chi connectivity index (χ1v) is 8.17. The van der Waals surface area contributed by atoms with Crippen LogP contribution in [0, 0.1) is 0 Å². The minimum absolute atomic E-state index is 0.307. The molecule has 2 fully saturated rings. The Labute approximate surface area is 126 Å². The lowest BCUT2D eigenvalue weighted by Crippen LogP contribution is -2.31. The fraction of sp³-hybridized carbons (Fsp3) is 0.556. The quantitative estimate of drug-likeness (QED) is 0.828. The van der Waals surface area contributed by atoms with Gasteiger partial charge in [-0.1, -0.05) is 18.2 Å². The highest BCUT2D eigenvalue weighted by molar-refractivity contribution is 5.68. The molecule has 1 aromatic rings. The molecule has 21 heavy (non-hydrogen) atoms. The van der Waals surface area contributed by atoms with Crippen molar-refractivity contribution >= 4 is 11.3 Å². The van der Waals surface area contributed by atoms with E-state index in [1.807, 2.05) is 0 Å². The molecule has 3 heteroatoms. The molecule has 0 amide bonds. The molecule has 3 nitrogen and oxygen atoms in total. The van der Waals surface area contributed by atoms with Crippen LogP contribution in [0.25, 0.3) is 5.57 Å². The van der Waals surface area contributed by atoms with Crippen molar-refractivity contribution in [1.82, 2.24) is 0 Å². The number of allylic oxidation sites excluding steroid dienone is 1. The first-order chi connectivity index (χ1) is 10.3. The molecule has 2 heterocycles. The van der Waals surface area contributed by atoms with Crippen molar-refractivity contribution < 1.29 is 9.47 Å². The lowest BCUT2D eigenvalue weighted by Gasteiger charge is -2.30. The summed E-state index contributed by atoms with van der Waals surface area (Å²) in [6.07, 6.45) is 7.87. The van der Waals surface area contributed by atoms with Crippen LogP contribution < -0.4 is 4.90 Å². The van der Waals surface area contributed by atoms with Gasteiger partial charge in [0, 0.05) is 31.6 Å². The Morgan fingerprint density at radius 2 is 1.67 bits per heavy atom. The molecule has 4 rings (SSSR count). The van der Waals surface area contributed by atoms with E-state index in [1.54, 1.807) is 0 Å². The van der Waals surface area contributed by atoms with Crippen molar-refractivity contribution in [1.29, 1.82) is 0 Å². The zero-order chi connectivity index (χ0) is 14.1. The van der Waals surface area contributed by atoms with Gasteiger partial charge in [0.25, 0.3) is 0 Å². The number of benzene rings is 1. The van der Waals surface area contributed by atoms with Crippen LogP contribution in [0.2, 0.25) is 0 Å². The Kier molecular flexibility index (Phi) is 3.48. The second kappa shape index (κ2) is 5.47. The van der Waals surface area contributed by atoms with Crippen molar-refractivity contribution in [2.75, 3.05) is 31.2 Å². The van der Waals surface area contributed by atoms with Crippen LogP contribution in [0.4, 0.5) is 5.69 Å². The summed E-state index contributed by atoms with van der Waals surface area (Å²) in [6, 6.07) is 9.09. The van der Waals surface area contributed by atoms with Crippen molar-refractivity contribution in [2.24, 2.45) is 0 Å². The van der Waals surface area contributed by atoms with Gasteiger partial charge in [-0.3, -0.25) is 0 Å². The largest absolute Gasteiger partial charge is 0.372 e. The first-order valence-electron chi connectivity index (χ1n) is 8.17. The van der Waals surface area contributed by atoms with E-state index in [1.165, 1.54) is 42.8 Å². The maximum atomic E-state index is 5.78. The average molecular weight is 285 g/mol. The summed E-state index contributed by atoms with van der Waals surface area (Å²) in [5.41, 5.74) is 4.16. The minimum atomic E-state index is -0.307. The lowest BCUT2D eigenvalue weighted by atomic mass is 9.90. The minimum Gasteiger partial charge on any atom is -0.372 e. The molecule has 1 aliphatic carbocycles. The van der Waals surface area contributed by atoms with Crippen LogP contribution in [0.15, 0.2) is 30.3 Å². The van der Waals surface area contributed by atoms with Gasteiger partial charge >= 0.3 is 0 Å². The molecule has 2 saturated heterocycles. The molecule has 1 aromatic carbocycles. The van der Waals surface area contributed by atoms with Crippen molar-refractivity contribution in [2.45, 2.75) is 37.9 Å². The number of ether oxygens (including phenoxy) is 2. The van der Waals surface area contributed by atoms with Gasteiger partial charge in [-0.25, -0.2) is 0 Å². The van der Waals surface area contributed by atoms with Gasteiger partial charge in [0.1, 0.15) is 0 Å². The van der Waals surface area contributed by atoms with Crippen LogP contribution in [0.3, 0.4) is 0 Å². The highest BCUT2D eigenvalue weighted by atomic mass is 16.7. The summed E-state index contributed by atoms with van der Waals surface area (Å²) in [5, 5.41) is 0. The molecule has 0 bridgehead atoms. The van der Waals surface area contributed by atoms with Gasteiger partial charge < -0.3 is 14.4 Å². The maximum Gasteiger partial charge on any atom is 0.172 e. The first kappa shape index (κ1) is 13.4. The highest BCUT2D eigenvalue weighted by Gasteiger charge is 2.37. The fourth-order valence-corrected chi connectivity index (χ4v) is 3.69. The fourth-order valence-electron chi connectivity index (χ4n) is 3.69. The molecule has 0 N–H and O–H groups in total. The van der Waals surface area contributed by atoms with Crippen LogP contribution in [0.1, 0.15) is 37.7 Å². The zero-order valence-corrected chi connectivity index (χ0v) is 12.5. The van der Waals surface area contributed by atoms with Crippen molar-refractivity contribution in [3.63, 3.8) is 0 Å². The number of hydrogen-bond donors (Lipinski definition) is 0. The smallest absolute Gasteiger partial charge is 0.172 e. The Hall–Kier alpha value is -1.32. The van der Waals surface area contributed by atoms with Crippen molar-refractivity contribution in [3.05, 3.63) is 35.9 Å². The Bertz CT molecular complexity index is 523. The van der Waals surface area contributed by atoms with E-state index < -0.39 is 0 Å². The molecule has 0 atom stereocenters. The van der Waals surface area contributed by atoms with Crippen LogP contribution in [-0.2, 0) is 9.47 Å². The molecule has 112 valence electrons. The molecular weight excluding hydrogens is 262 g/mol. The molecule has 0 unspecified atom stereocenters. The van der Waals surface area contributed by atoms with E-state index in [0.717, 1.165) is 32.5 Å². The number of nitrogens with zero attached hydrogens (tertiary/aromatic N) is 1. The number of rotatable bonds is 2. The van der Waals surface area contributed by atoms with Gasteiger partial charge in [-0.15, -0.1) is 0 Å². The Balaban J connectivity index is 1.48. The Morgan fingerprint density at radius 1 is 0.952 bits per heavy atom. The summed E-state index contributed by atoms with van der Waals surface area (Å²) in [5.74, 6) is -0.307. The third-order valence-electron chi connectivity index (χ3n) is 4.96. The molecule has 1 spiro atoms. The van der Waals surface area contributed by atoms with Gasteiger partial charge in [0.2, 0.25) is 0 Å². The average Bonchev–Trinajstić information content (AvgIpc) is 3.21. The predicted octanol–water partition coefficient (Wildman–Crippen LogP) is 3.60. The third kappa shape index (κ3) is 2.60. The molecule has 0 radical (unpaired) electrons. The highest BCUT2D eigenvalue weighted by Crippen LogP contribution is 2.38. The topological polar surface area (TPSA) is 21.7 Å². The van der Waals surface area contributed by atoms with Gasteiger partial charge in [-0.2, -0.15) is 0 Å². The monoisotopic (exact) mass is 285 g/mol. The third-order valence-corrected chi connectivity index (χ3v) is 4.96. The second-order valence-corrected chi connectivity index (χ2v) is 6.28. The molecule has 0 saturated carbocycles. The van der Waals surface area contributed by atoms with E-state index in [9.17, 15) is 0 Å². The van der Waals surface area contributed by atoms with Gasteiger partial charge in [-0.05, 0) is 42.5 Å². The predicted molar refractivity (Wildman–Crippen MR) is 84.4 cm³/mol. The molecular formula is C18H23NO2. The van der Waals surface area contributed by atoms with E-state index >= 15 is 0 Å². The summed E-state index contributed by atoms with van der Waals surface area (Å²) in [7, 11) is 0. The van der Waals surface area contributed by atoms with E-state index in [4.69, 9.17) is 9.47 Å².